The number of halogens is 2. The van der Waals surface area contributed by atoms with Crippen LogP contribution in [0.1, 0.15) is 83.6 Å². The number of aromatic hydroxyl groups is 1. The van der Waals surface area contributed by atoms with Gasteiger partial charge in [-0.3, -0.25) is 4.79 Å². The van der Waals surface area contributed by atoms with Crippen LogP contribution in [0.5, 0.6) is 5.75 Å². The number of hydrogen-bond acceptors (Lipinski definition) is 2. The molecule has 0 aliphatic heterocycles. The van der Waals surface area contributed by atoms with Gasteiger partial charge < -0.3 is 14.8 Å². The van der Waals surface area contributed by atoms with Gasteiger partial charge in [0.25, 0.3) is 0 Å². The Kier molecular flexibility index (Phi) is 11.1. The van der Waals surface area contributed by atoms with Gasteiger partial charge in [0.2, 0.25) is 0 Å². The molecular weight excluding hydrogens is 466 g/mol. The Bertz CT molecular complexity index is 779. The number of para-hydroxylation sites is 1. The second kappa shape index (κ2) is 13.3. The van der Waals surface area contributed by atoms with Gasteiger partial charge in [-0.25, -0.2) is 0 Å². The molecule has 3 unspecified atom stereocenters. The standard InChI is InChI=1S/C24H35BrClNO3/c1-2-3-4-5-6-7-8-9-10-14-19(25)24(26)21(16-23(29)30)27-17-22(28)18-13-11-12-15-20(18)27/h11-13,15,17,19,21,24,28H,2-10,14,16H2,1H3,(H,29,30). The van der Waals surface area contributed by atoms with Crippen molar-refractivity contribution in [2.24, 2.45) is 0 Å². The lowest BCUT2D eigenvalue weighted by molar-refractivity contribution is -0.137. The number of alkyl halides is 2. The fourth-order valence-corrected chi connectivity index (χ4v) is 5.07. The van der Waals surface area contributed by atoms with Crippen molar-refractivity contribution in [3.8, 4) is 5.75 Å². The number of nitrogens with zero attached hydrogens (tertiary/aromatic N) is 1. The molecule has 0 saturated heterocycles. The largest absolute Gasteiger partial charge is 0.506 e. The van der Waals surface area contributed by atoms with Crippen LogP contribution in [0, 0.1) is 0 Å². The molecule has 1 heterocycles. The second-order valence-corrected chi connectivity index (χ2v) is 9.86. The Hall–Kier alpha value is -1.20. The molecule has 2 rings (SSSR count). The van der Waals surface area contributed by atoms with E-state index >= 15 is 0 Å². The Morgan fingerprint density at radius 1 is 1.07 bits per heavy atom. The third-order valence-electron chi connectivity index (χ3n) is 5.76. The van der Waals surface area contributed by atoms with E-state index in [1.54, 1.807) is 6.20 Å². The summed E-state index contributed by atoms with van der Waals surface area (Å²) in [6.07, 6.45) is 13.8. The first kappa shape index (κ1) is 25.1. The van der Waals surface area contributed by atoms with Gasteiger partial charge in [0, 0.05) is 16.4 Å². The first-order valence-corrected chi connectivity index (χ1v) is 12.6. The monoisotopic (exact) mass is 499 g/mol. The highest BCUT2D eigenvalue weighted by Crippen LogP contribution is 2.36. The molecule has 1 aromatic heterocycles. The van der Waals surface area contributed by atoms with Crippen LogP contribution >= 0.6 is 27.5 Å². The Morgan fingerprint density at radius 3 is 2.30 bits per heavy atom. The lowest BCUT2D eigenvalue weighted by atomic mass is 10.0. The molecular formula is C24H35BrClNO3. The van der Waals surface area contributed by atoms with Gasteiger partial charge in [0.05, 0.1) is 23.4 Å². The first-order chi connectivity index (χ1) is 14.5. The zero-order chi connectivity index (χ0) is 21.9. The number of benzene rings is 1. The number of carboxylic acids is 1. The average Bonchev–Trinajstić information content (AvgIpc) is 3.06. The van der Waals surface area contributed by atoms with E-state index in [2.05, 4.69) is 22.9 Å². The number of aliphatic carboxylic acids is 1. The fourth-order valence-electron chi connectivity index (χ4n) is 4.05. The molecule has 0 aliphatic rings. The highest BCUT2D eigenvalue weighted by Gasteiger charge is 2.30. The quantitative estimate of drug-likeness (QED) is 0.195. The maximum absolute atomic E-state index is 11.5. The Balaban J connectivity index is 1.90. The lowest BCUT2D eigenvalue weighted by Gasteiger charge is -2.27. The fraction of sp³-hybridized carbons (Fsp3) is 0.625. The smallest absolute Gasteiger partial charge is 0.305 e. The minimum absolute atomic E-state index is 0.0105. The number of carbonyl (C=O) groups is 1. The number of rotatable bonds is 15. The highest BCUT2D eigenvalue weighted by atomic mass is 79.9. The van der Waals surface area contributed by atoms with Crippen LogP contribution in [0.3, 0.4) is 0 Å². The summed E-state index contributed by atoms with van der Waals surface area (Å²) in [5.74, 6) is -0.749. The summed E-state index contributed by atoms with van der Waals surface area (Å²) in [6, 6.07) is 7.01. The van der Waals surface area contributed by atoms with Crippen molar-refractivity contribution in [1.82, 2.24) is 4.57 Å². The van der Waals surface area contributed by atoms with E-state index in [0.29, 0.717) is 5.39 Å². The van der Waals surface area contributed by atoms with Crippen LogP contribution in [-0.4, -0.2) is 31.0 Å². The van der Waals surface area contributed by atoms with Gasteiger partial charge in [0.15, 0.2) is 0 Å². The van der Waals surface area contributed by atoms with Gasteiger partial charge in [-0.15, -0.1) is 11.6 Å². The predicted molar refractivity (Wildman–Crippen MR) is 129 cm³/mol. The van der Waals surface area contributed by atoms with E-state index < -0.39 is 17.4 Å². The predicted octanol–water partition coefficient (Wildman–Crippen LogP) is 7.65. The van der Waals surface area contributed by atoms with Gasteiger partial charge in [-0.05, 0) is 18.6 Å². The van der Waals surface area contributed by atoms with E-state index in [0.717, 1.165) is 18.4 Å². The summed E-state index contributed by atoms with van der Waals surface area (Å²) in [5, 5.41) is 20.0. The molecule has 3 atom stereocenters. The molecule has 0 amide bonds. The number of fused-ring (bicyclic) bond motifs is 1. The third kappa shape index (κ3) is 7.49. The van der Waals surface area contributed by atoms with Gasteiger partial charge in [-0.2, -0.15) is 0 Å². The lowest BCUT2D eigenvalue weighted by Crippen LogP contribution is -2.29. The minimum Gasteiger partial charge on any atom is -0.506 e. The van der Waals surface area contributed by atoms with Crippen molar-refractivity contribution in [2.75, 3.05) is 0 Å². The van der Waals surface area contributed by atoms with Crippen molar-refractivity contribution < 1.29 is 15.0 Å². The summed E-state index contributed by atoms with van der Waals surface area (Å²) in [5.41, 5.74) is 0.801. The van der Waals surface area contributed by atoms with Crippen LogP contribution in [0.15, 0.2) is 30.5 Å². The van der Waals surface area contributed by atoms with Crippen LogP contribution in [0.2, 0.25) is 0 Å². The van der Waals surface area contributed by atoms with Crippen molar-refractivity contribution in [2.45, 2.75) is 93.8 Å². The summed E-state index contributed by atoms with van der Waals surface area (Å²) in [7, 11) is 0. The van der Waals surface area contributed by atoms with Crippen LogP contribution in [-0.2, 0) is 4.79 Å². The second-order valence-electron chi connectivity index (χ2n) is 8.18. The molecule has 2 N–H and O–H groups in total. The molecule has 0 aliphatic carbocycles. The molecule has 4 nitrogen and oxygen atoms in total. The Labute approximate surface area is 193 Å². The molecule has 0 bridgehead atoms. The summed E-state index contributed by atoms with van der Waals surface area (Å²) < 4.78 is 1.82. The van der Waals surface area contributed by atoms with E-state index in [1.165, 1.54) is 51.4 Å². The topological polar surface area (TPSA) is 62.5 Å². The van der Waals surface area contributed by atoms with Crippen molar-refractivity contribution in [1.29, 1.82) is 0 Å². The number of unbranched alkanes of at least 4 members (excludes halogenated alkanes) is 8. The van der Waals surface area contributed by atoms with Crippen molar-refractivity contribution in [3.05, 3.63) is 30.5 Å². The van der Waals surface area contributed by atoms with Crippen LogP contribution < -0.4 is 0 Å². The molecule has 0 spiro atoms. The maximum atomic E-state index is 11.5. The van der Waals surface area contributed by atoms with Crippen LogP contribution in [0.4, 0.5) is 0 Å². The van der Waals surface area contributed by atoms with Crippen molar-refractivity contribution >= 4 is 44.4 Å². The average molecular weight is 501 g/mol. The molecule has 0 radical (unpaired) electrons. The molecule has 2 aromatic rings. The van der Waals surface area contributed by atoms with E-state index in [1.807, 2.05) is 28.8 Å². The first-order valence-electron chi connectivity index (χ1n) is 11.2. The summed E-state index contributed by atoms with van der Waals surface area (Å²) >= 11 is 10.5. The van der Waals surface area contributed by atoms with E-state index in [4.69, 9.17) is 11.6 Å². The van der Waals surface area contributed by atoms with Gasteiger partial charge in [0.1, 0.15) is 5.75 Å². The van der Waals surface area contributed by atoms with Crippen LogP contribution in [0.25, 0.3) is 10.9 Å². The molecule has 0 saturated carbocycles. The molecule has 30 heavy (non-hydrogen) atoms. The van der Waals surface area contributed by atoms with Gasteiger partial charge >= 0.3 is 5.97 Å². The minimum atomic E-state index is -0.898. The molecule has 0 fully saturated rings. The SMILES string of the molecule is CCCCCCCCCCCC(Br)C(Cl)C(CC(=O)O)n1cc(O)c2ccccc21. The molecule has 1 aromatic carbocycles. The third-order valence-corrected chi connectivity index (χ3v) is 7.68. The van der Waals surface area contributed by atoms with E-state index in [-0.39, 0.29) is 17.0 Å². The summed E-state index contributed by atoms with van der Waals surface area (Å²) in [4.78, 5) is 11.5. The number of carboxylic acid groups (broad SMARTS) is 1. The Morgan fingerprint density at radius 2 is 1.67 bits per heavy atom. The maximum Gasteiger partial charge on any atom is 0.305 e. The number of aromatic nitrogens is 1. The number of hydrogen-bond donors (Lipinski definition) is 2. The zero-order valence-corrected chi connectivity index (χ0v) is 20.2. The summed E-state index contributed by atoms with van der Waals surface area (Å²) in [6.45, 7) is 2.24. The van der Waals surface area contributed by atoms with E-state index in [9.17, 15) is 15.0 Å². The van der Waals surface area contributed by atoms with Gasteiger partial charge in [-0.1, -0.05) is 92.8 Å². The molecule has 168 valence electrons. The highest BCUT2D eigenvalue weighted by molar-refractivity contribution is 9.09. The normalized spacial score (nSPS) is 14.6. The zero-order valence-electron chi connectivity index (χ0n) is 17.9. The molecule has 6 heteroatoms. The van der Waals surface area contributed by atoms with Crippen molar-refractivity contribution in [3.63, 3.8) is 0 Å².